The van der Waals surface area contributed by atoms with Crippen LogP contribution < -0.4 is 20.7 Å². The summed E-state index contributed by atoms with van der Waals surface area (Å²) in [6.45, 7) is 6.90. The molecule has 4 heterocycles. The molecular weight excluding hydrogens is 482 g/mol. The van der Waals surface area contributed by atoms with Gasteiger partial charge in [0, 0.05) is 24.5 Å². The summed E-state index contributed by atoms with van der Waals surface area (Å²) in [6.07, 6.45) is 2.82. The highest BCUT2D eigenvalue weighted by Crippen LogP contribution is 2.42. The molecule has 10 nitrogen and oxygen atoms in total. The van der Waals surface area contributed by atoms with Crippen LogP contribution in [-0.4, -0.2) is 63.3 Å². The molecule has 0 radical (unpaired) electrons. The molecule has 37 heavy (non-hydrogen) atoms. The first-order valence-corrected chi connectivity index (χ1v) is 12.1. The van der Waals surface area contributed by atoms with Gasteiger partial charge in [-0.05, 0) is 39.6 Å². The molecule has 1 aromatic carbocycles. The molecule has 3 aromatic heterocycles. The van der Waals surface area contributed by atoms with E-state index in [1.54, 1.807) is 6.92 Å². The Morgan fingerprint density at radius 2 is 1.84 bits per heavy atom. The SMILES string of the molecule is CCC(N)C1(C)CN(c2nc(Oc3cnc(C(C)O)nc3)nc3[nH]c4ccc(F)c(F)c4c23)C1.CNC. The van der Waals surface area contributed by atoms with E-state index in [9.17, 15) is 13.9 Å². The van der Waals surface area contributed by atoms with Gasteiger partial charge in [0.05, 0.1) is 28.7 Å². The summed E-state index contributed by atoms with van der Waals surface area (Å²) in [5.74, 6) is -0.957. The normalized spacial score (nSPS) is 16.2. The standard InChI is InChI=1S/C23H25F2N7O2.C2H7N/c1-4-15(26)23(3)9-32(10-23)21-17-16-14(6-5-13(24)18(16)25)29-20(17)30-22(31-21)34-12-7-27-19(11(2)33)28-8-12;1-3-2/h5-8,11,15,33H,4,9-10,26H2,1-3H3,(H,29,30,31);3H,1-2H3. The van der Waals surface area contributed by atoms with Crippen molar-refractivity contribution in [2.24, 2.45) is 11.1 Å². The summed E-state index contributed by atoms with van der Waals surface area (Å²) >= 11 is 0. The van der Waals surface area contributed by atoms with Gasteiger partial charge in [-0.15, -0.1) is 0 Å². The Morgan fingerprint density at radius 1 is 1.19 bits per heavy atom. The van der Waals surface area contributed by atoms with Crippen molar-refractivity contribution >= 4 is 27.8 Å². The second-order valence-electron chi connectivity index (χ2n) is 9.54. The number of fused-ring (bicyclic) bond motifs is 3. The monoisotopic (exact) mass is 514 g/mol. The third-order valence-electron chi connectivity index (χ3n) is 6.44. The van der Waals surface area contributed by atoms with E-state index in [0.717, 1.165) is 12.5 Å². The van der Waals surface area contributed by atoms with Crippen molar-refractivity contribution in [2.75, 3.05) is 32.1 Å². The highest BCUT2D eigenvalue weighted by Gasteiger charge is 2.44. The van der Waals surface area contributed by atoms with Crippen LogP contribution in [0.2, 0.25) is 0 Å². The number of halogens is 2. The number of aliphatic hydroxyl groups is 1. The molecule has 0 saturated carbocycles. The highest BCUT2D eigenvalue weighted by molar-refractivity contribution is 6.11. The number of nitrogens with two attached hydrogens (primary N) is 1. The Labute approximate surface area is 213 Å². The van der Waals surface area contributed by atoms with Gasteiger partial charge in [0.1, 0.15) is 17.6 Å². The van der Waals surface area contributed by atoms with Crippen LogP contribution in [0.25, 0.3) is 21.9 Å². The second-order valence-corrected chi connectivity index (χ2v) is 9.54. The van der Waals surface area contributed by atoms with Crippen LogP contribution in [0.5, 0.6) is 11.8 Å². The smallest absolute Gasteiger partial charge is 0.326 e. The Morgan fingerprint density at radius 3 is 2.43 bits per heavy atom. The minimum atomic E-state index is -0.960. The zero-order valence-electron chi connectivity index (χ0n) is 21.5. The maximum absolute atomic E-state index is 14.9. The van der Waals surface area contributed by atoms with Crippen LogP contribution in [0.15, 0.2) is 24.5 Å². The van der Waals surface area contributed by atoms with E-state index in [1.807, 2.05) is 25.9 Å². The number of aromatic nitrogens is 5. The van der Waals surface area contributed by atoms with Crippen LogP contribution in [0.1, 0.15) is 39.1 Å². The van der Waals surface area contributed by atoms with Gasteiger partial charge < -0.3 is 30.8 Å². The van der Waals surface area contributed by atoms with Gasteiger partial charge in [0.2, 0.25) is 0 Å². The maximum atomic E-state index is 14.9. The molecule has 1 saturated heterocycles. The van der Waals surface area contributed by atoms with Crippen molar-refractivity contribution in [1.29, 1.82) is 0 Å². The lowest BCUT2D eigenvalue weighted by Crippen LogP contribution is -2.62. The highest BCUT2D eigenvalue weighted by atomic mass is 19.2. The van der Waals surface area contributed by atoms with Crippen LogP contribution in [-0.2, 0) is 0 Å². The predicted molar refractivity (Wildman–Crippen MR) is 138 cm³/mol. The van der Waals surface area contributed by atoms with Gasteiger partial charge in [-0.3, -0.25) is 0 Å². The van der Waals surface area contributed by atoms with Gasteiger partial charge in [-0.25, -0.2) is 18.7 Å². The van der Waals surface area contributed by atoms with E-state index in [0.29, 0.717) is 35.5 Å². The largest absolute Gasteiger partial charge is 0.421 e. The van der Waals surface area contributed by atoms with Gasteiger partial charge in [-0.1, -0.05) is 13.8 Å². The van der Waals surface area contributed by atoms with Gasteiger partial charge in [0.15, 0.2) is 23.2 Å². The molecule has 2 unspecified atom stereocenters. The van der Waals surface area contributed by atoms with Gasteiger partial charge >= 0.3 is 6.01 Å². The fourth-order valence-electron chi connectivity index (χ4n) is 4.45. The lowest BCUT2D eigenvalue weighted by molar-refractivity contribution is 0.185. The van der Waals surface area contributed by atoms with Crippen LogP contribution in [0.4, 0.5) is 14.6 Å². The first kappa shape index (κ1) is 26.6. The van der Waals surface area contributed by atoms with E-state index in [4.69, 9.17) is 10.5 Å². The fraction of sp³-hybridized carbons (Fsp3) is 0.440. The van der Waals surface area contributed by atoms with Crippen molar-refractivity contribution in [1.82, 2.24) is 30.2 Å². The minimum Gasteiger partial charge on any atom is -0.421 e. The number of ether oxygens (including phenoxy) is 1. The van der Waals surface area contributed by atoms with Crippen LogP contribution >= 0.6 is 0 Å². The van der Waals surface area contributed by atoms with E-state index in [1.165, 1.54) is 18.5 Å². The minimum absolute atomic E-state index is 0.00136. The number of hydrogen-bond acceptors (Lipinski definition) is 9. The average Bonchev–Trinajstić information content (AvgIpc) is 3.23. The Balaban J connectivity index is 0.00000102. The Kier molecular flexibility index (Phi) is 7.53. The maximum Gasteiger partial charge on any atom is 0.326 e. The molecule has 12 heteroatoms. The van der Waals surface area contributed by atoms with Crippen LogP contribution in [0, 0.1) is 17.0 Å². The van der Waals surface area contributed by atoms with E-state index >= 15 is 0 Å². The molecule has 2 atom stereocenters. The topological polar surface area (TPSA) is 138 Å². The molecular formula is C25H32F2N8O2. The molecule has 0 bridgehead atoms. The number of nitrogens with zero attached hydrogens (tertiary/aromatic N) is 5. The molecule has 4 aromatic rings. The van der Waals surface area contributed by atoms with E-state index in [2.05, 4.69) is 37.2 Å². The number of aromatic amines is 1. The summed E-state index contributed by atoms with van der Waals surface area (Å²) < 4.78 is 34.7. The molecule has 5 rings (SSSR count). The number of rotatable bonds is 6. The summed E-state index contributed by atoms with van der Waals surface area (Å²) in [5.41, 5.74) is 6.90. The summed E-state index contributed by atoms with van der Waals surface area (Å²) in [7, 11) is 3.75. The predicted octanol–water partition coefficient (Wildman–Crippen LogP) is 3.42. The zero-order chi connectivity index (χ0) is 26.9. The lowest BCUT2D eigenvalue weighted by Gasteiger charge is -2.51. The van der Waals surface area contributed by atoms with Crippen LogP contribution in [0.3, 0.4) is 0 Å². The van der Waals surface area contributed by atoms with Crippen molar-refractivity contribution < 1.29 is 18.6 Å². The quantitative estimate of drug-likeness (QED) is 0.305. The summed E-state index contributed by atoms with van der Waals surface area (Å²) in [4.78, 5) is 22.1. The number of benzene rings is 1. The number of anilines is 1. The summed E-state index contributed by atoms with van der Waals surface area (Å²) in [6, 6.07) is 2.53. The van der Waals surface area contributed by atoms with E-state index < -0.39 is 17.7 Å². The summed E-state index contributed by atoms with van der Waals surface area (Å²) in [5, 5.41) is 12.8. The molecule has 1 aliphatic heterocycles. The first-order valence-electron chi connectivity index (χ1n) is 12.1. The van der Waals surface area contributed by atoms with Crippen molar-refractivity contribution in [3.05, 3.63) is 42.0 Å². The van der Waals surface area contributed by atoms with Gasteiger partial charge in [0.25, 0.3) is 0 Å². The number of hydrogen-bond donors (Lipinski definition) is 4. The Hall–Kier alpha value is -3.48. The third kappa shape index (κ3) is 5.04. The third-order valence-corrected chi connectivity index (χ3v) is 6.44. The average molecular weight is 515 g/mol. The van der Waals surface area contributed by atoms with Crippen molar-refractivity contribution in [3.8, 4) is 11.8 Å². The van der Waals surface area contributed by atoms with Crippen molar-refractivity contribution in [3.63, 3.8) is 0 Å². The van der Waals surface area contributed by atoms with E-state index in [-0.39, 0.29) is 34.4 Å². The molecule has 1 fully saturated rings. The lowest BCUT2D eigenvalue weighted by atomic mass is 9.74. The molecule has 0 spiro atoms. The first-order chi connectivity index (χ1) is 17.6. The molecule has 0 amide bonds. The molecule has 0 aliphatic carbocycles. The molecule has 5 N–H and O–H groups in total. The number of nitrogens with one attached hydrogen (secondary N) is 2. The molecule has 1 aliphatic rings. The fourth-order valence-corrected chi connectivity index (χ4v) is 4.45. The number of aliphatic hydroxyl groups excluding tert-OH is 1. The zero-order valence-corrected chi connectivity index (χ0v) is 21.5. The van der Waals surface area contributed by atoms with Crippen molar-refractivity contribution in [2.45, 2.75) is 39.3 Å². The number of H-pyrrole nitrogens is 1. The molecule has 198 valence electrons. The van der Waals surface area contributed by atoms with Gasteiger partial charge in [-0.2, -0.15) is 9.97 Å². The second kappa shape index (κ2) is 10.5. The Bertz CT molecular complexity index is 1390.